The Labute approximate surface area is 161 Å². The number of hydrogen-bond donors (Lipinski definition) is 0. The van der Waals surface area contributed by atoms with Crippen LogP contribution in [0.5, 0.6) is 0 Å². The van der Waals surface area contributed by atoms with Crippen molar-refractivity contribution in [2.75, 3.05) is 24.5 Å². The van der Waals surface area contributed by atoms with E-state index in [2.05, 4.69) is 9.88 Å². The van der Waals surface area contributed by atoms with Crippen LogP contribution in [-0.2, 0) is 11.0 Å². The SMILES string of the molecule is O=C(C1CCN(c2ncc(C(F)(F)F)cc2Cl)CC1)N(CC1CC1)C1CC1. The topological polar surface area (TPSA) is 36.4 Å². The van der Waals surface area contributed by atoms with E-state index in [1.165, 1.54) is 12.8 Å². The Morgan fingerprint density at radius 3 is 2.37 bits per heavy atom. The van der Waals surface area contributed by atoms with E-state index in [0.717, 1.165) is 31.6 Å². The van der Waals surface area contributed by atoms with E-state index >= 15 is 0 Å². The molecule has 3 fully saturated rings. The van der Waals surface area contributed by atoms with Crippen molar-refractivity contribution in [3.63, 3.8) is 0 Å². The molecule has 1 saturated heterocycles. The Kier molecular flexibility index (Phi) is 4.99. The summed E-state index contributed by atoms with van der Waals surface area (Å²) < 4.78 is 38.3. The minimum Gasteiger partial charge on any atom is -0.355 e. The molecule has 2 aliphatic carbocycles. The van der Waals surface area contributed by atoms with E-state index in [1.54, 1.807) is 0 Å². The zero-order valence-electron chi connectivity index (χ0n) is 15.0. The van der Waals surface area contributed by atoms with Gasteiger partial charge in [-0.2, -0.15) is 13.2 Å². The Hall–Kier alpha value is -1.50. The Balaban J connectivity index is 1.37. The predicted molar refractivity (Wildman–Crippen MR) is 96.6 cm³/mol. The van der Waals surface area contributed by atoms with E-state index in [-0.39, 0.29) is 16.8 Å². The van der Waals surface area contributed by atoms with Crippen molar-refractivity contribution in [3.8, 4) is 0 Å². The quantitative estimate of drug-likeness (QED) is 0.735. The van der Waals surface area contributed by atoms with Gasteiger partial charge in [-0.3, -0.25) is 4.79 Å². The van der Waals surface area contributed by atoms with Crippen LogP contribution in [0, 0.1) is 11.8 Å². The Morgan fingerprint density at radius 2 is 1.85 bits per heavy atom. The summed E-state index contributed by atoms with van der Waals surface area (Å²) in [6.07, 6.45) is 2.42. The molecule has 4 rings (SSSR count). The number of nitrogens with zero attached hydrogens (tertiary/aromatic N) is 3. The van der Waals surface area contributed by atoms with Crippen molar-refractivity contribution in [2.24, 2.45) is 11.8 Å². The van der Waals surface area contributed by atoms with Gasteiger partial charge in [-0.05, 0) is 50.5 Å². The van der Waals surface area contributed by atoms with Crippen molar-refractivity contribution in [2.45, 2.75) is 50.7 Å². The summed E-state index contributed by atoms with van der Waals surface area (Å²) in [6, 6.07) is 1.35. The van der Waals surface area contributed by atoms with Gasteiger partial charge < -0.3 is 9.80 Å². The van der Waals surface area contributed by atoms with Crippen LogP contribution in [0.3, 0.4) is 0 Å². The van der Waals surface area contributed by atoms with E-state index in [4.69, 9.17) is 11.6 Å². The molecular formula is C19H23ClF3N3O. The molecule has 3 aliphatic rings. The number of pyridine rings is 1. The minimum atomic E-state index is -4.46. The summed E-state index contributed by atoms with van der Waals surface area (Å²) in [6.45, 7) is 2.06. The van der Waals surface area contributed by atoms with Crippen molar-refractivity contribution in [1.29, 1.82) is 0 Å². The van der Waals surface area contributed by atoms with Crippen molar-refractivity contribution in [3.05, 3.63) is 22.8 Å². The highest BCUT2D eigenvalue weighted by atomic mass is 35.5. The largest absolute Gasteiger partial charge is 0.417 e. The molecule has 1 aromatic heterocycles. The number of hydrogen-bond acceptors (Lipinski definition) is 3. The molecule has 4 nitrogen and oxygen atoms in total. The van der Waals surface area contributed by atoms with Gasteiger partial charge in [-0.1, -0.05) is 11.6 Å². The predicted octanol–water partition coefficient (Wildman–Crippen LogP) is 4.37. The first-order chi connectivity index (χ1) is 12.8. The van der Waals surface area contributed by atoms with Crippen molar-refractivity contribution < 1.29 is 18.0 Å². The van der Waals surface area contributed by atoms with Crippen molar-refractivity contribution in [1.82, 2.24) is 9.88 Å². The van der Waals surface area contributed by atoms with Crippen LogP contribution in [0.25, 0.3) is 0 Å². The lowest BCUT2D eigenvalue weighted by molar-refractivity contribution is -0.138. The molecule has 0 spiro atoms. The number of rotatable bonds is 5. The fourth-order valence-corrected chi connectivity index (χ4v) is 4.06. The zero-order valence-corrected chi connectivity index (χ0v) is 15.8. The first kappa shape index (κ1) is 18.8. The number of carbonyl (C=O) groups excluding carboxylic acids is 1. The Bertz CT molecular complexity index is 711. The van der Waals surface area contributed by atoms with Gasteiger partial charge in [0, 0.05) is 37.8 Å². The molecule has 0 bridgehead atoms. The van der Waals surface area contributed by atoms with E-state index in [1.807, 2.05) is 4.90 Å². The maximum atomic E-state index is 12.9. The van der Waals surface area contributed by atoms with E-state index < -0.39 is 11.7 Å². The molecule has 2 saturated carbocycles. The average Bonchev–Trinajstić information content (AvgIpc) is 3.53. The smallest absolute Gasteiger partial charge is 0.355 e. The van der Waals surface area contributed by atoms with Gasteiger partial charge in [-0.15, -0.1) is 0 Å². The third kappa shape index (κ3) is 4.33. The fraction of sp³-hybridized carbons (Fsp3) is 0.684. The molecule has 1 amide bonds. The number of carbonyl (C=O) groups is 1. The second-order valence-electron chi connectivity index (χ2n) is 7.95. The molecule has 0 atom stereocenters. The minimum absolute atomic E-state index is 0.00272. The molecule has 8 heteroatoms. The molecule has 0 aromatic carbocycles. The van der Waals surface area contributed by atoms with Gasteiger partial charge in [0.25, 0.3) is 0 Å². The maximum absolute atomic E-state index is 12.9. The lowest BCUT2D eigenvalue weighted by Crippen LogP contribution is -2.44. The average molecular weight is 402 g/mol. The lowest BCUT2D eigenvalue weighted by atomic mass is 9.95. The monoisotopic (exact) mass is 401 g/mol. The molecule has 0 N–H and O–H groups in total. The molecule has 1 aromatic rings. The third-order valence-corrected chi connectivity index (χ3v) is 5.99. The summed E-state index contributed by atoms with van der Waals surface area (Å²) in [7, 11) is 0. The van der Waals surface area contributed by atoms with Gasteiger partial charge in [0.1, 0.15) is 5.82 Å². The summed E-state index contributed by atoms with van der Waals surface area (Å²) in [4.78, 5) is 20.9. The number of amides is 1. The standard InChI is InChI=1S/C19H23ClF3N3O/c20-16-9-14(19(21,22)23)10-24-17(16)25-7-5-13(6-8-25)18(27)26(15-3-4-15)11-12-1-2-12/h9-10,12-13,15H,1-8,11H2. The number of alkyl halides is 3. The number of halogens is 4. The number of piperidine rings is 1. The molecule has 27 heavy (non-hydrogen) atoms. The fourth-order valence-electron chi connectivity index (χ4n) is 3.77. The molecule has 0 radical (unpaired) electrons. The van der Waals surface area contributed by atoms with Gasteiger partial charge in [0.15, 0.2) is 0 Å². The van der Waals surface area contributed by atoms with E-state index in [9.17, 15) is 18.0 Å². The highest BCUT2D eigenvalue weighted by Gasteiger charge is 2.40. The van der Waals surface area contributed by atoms with E-state index in [0.29, 0.717) is 43.7 Å². The van der Waals surface area contributed by atoms with Crippen LogP contribution in [0.4, 0.5) is 19.0 Å². The normalized spacial score (nSPS) is 21.4. The van der Waals surface area contributed by atoms with Crippen LogP contribution in [0.1, 0.15) is 44.1 Å². The summed E-state index contributed by atoms with van der Waals surface area (Å²) in [5, 5.41) is 0.00272. The second kappa shape index (κ2) is 7.15. The van der Waals surface area contributed by atoms with Gasteiger partial charge >= 0.3 is 6.18 Å². The highest BCUT2D eigenvalue weighted by Crippen LogP contribution is 2.38. The maximum Gasteiger partial charge on any atom is 0.417 e. The summed E-state index contributed by atoms with van der Waals surface area (Å²) in [5.41, 5.74) is -0.846. The third-order valence-electron chi connectivity index (χ3n) is 5.72. The summed E-state index contributed by atoms with van der Waals surface area (Å²) >= 11 is 6.05. The molecule has 0 unspecified atom stereocenters. The van der Waals surface area contributed by atoms with Gasteiger partial charge in [-0.25, -0.2) is 4.98 Å². The number of aromatic nitrogens is 1. The van der Waals surface area contributed by atoms with Crippen LogP contribution >= 0.6 is 11.6 Å². The molecule has 1 aliphatic heterocycles. The van der Waals surface area contributed by atoms with Gasteiger partial charge in [0.05, 0.1) is 10.6 Å². The molecule has 148 valence electrons. The molecule has 2 heterocycles. The lowest BCUT2D eigenvalue weighted by Gasteiger charge is -2.35. The number of anilines is 1. The van der Waals surface area contributed by atoms with Crippen LogP contribution in [0.15, 0.2) is 12.3 Å². The zero-order chi connectivity index (χ0) is 19.2. The Morgan fingerprint density at radius 1 is 1.19 bits per heavy atom. The molecular weight excluding hydrogens is 379 g/mol. The highest BCUT2D eigenvalue weighted by molar-refractivity contribution is 6.33. The van der Waals surface area contributed by atoms with Gasteiger partial charge in [0.2, 0.25) is 5.91 Å². The van der Waals surface area contributed by atoms with Crippen LogP contribution in [0.2, 0.25) is 5.02 Å². The second-order valence-corrected chi connectivity index (χ2v) is 8.36. The summed E-state index contributed by atoms with van der Waals surface area (Å²) in [5.74, 6) is 1.31. The van der Waals surface area contributed by atoms with Crippen LogP contribution in [-0.4, -0.2) is 41.5 Å². The van der Waals surface area contributed by atoms with Crippen molar-refractivity contribution >= 4 is 23.3 Å². The van der Waals surface area contributed by atoms with Crippen LogP contribution < -0.4 is 4.90 Å². The first-order valence-electron chi connectivity index (χ1n) is 9.61. The first-order valence-corrected chi connectivity index (χ1v) is 9.99.